The maximum Gasteiger partial charge on any atom is 0.167 e. The molecule has 1 N–H and O–H groups in total. The van der Waals surface area contributed by atoms with Crippen molar-refractivity contribution in [1.29, 1.82) is 0 Å². The van der Waals surface area contributed by atoms with Crippen LogP contribution in [0, 0.1) is 23.5 Å². The molecule has 148 valence electrons. The molecule has 0 spiro atoms. The highest BCUT2D eigenvalue weighted by molar-refractivity contribution is 7.90. The fourth-order valence-electron chi connectivity index (χ4n) is 3.08. The van der Waals surface area contributed by atoms with Crippen molar-refractivity contribution in [2.24, 2.45) is 11.8 Å². The normalized spacial score (nSPS) is 20.6. The van der Waals surface area contributed by atoms with Gasteiger partial charge in [-0.25, -0.2) is 21.9 Å². The lowest BCUT2D eigenvalue weighted by Gasteiger charge is -2.31. The summed E-state index contributed by atoms with van der Waals surface area (Å²) in [5.74, 6) is -2.42. The van der Waals surface area contributed by atoms with E-state index in [-0.39, 0.29) is 41.4 Å². The van der Waals surface area contributed by atoms with Gasteiger partial charge >= 0.3 is 0 Å². The summed E-state index contributed by atoms with van der Waals surface area (Å²) >= 11 is 0. The van der Waals surface area contributed by atoms with Crippen LogP contribution in [0.2, 0.25) is 0 Å². The number of hydrogen-bond donors (Lipinski definition) is 1. The van der Waals surface area contributed by atoms with E-state index in [1.54, 1.807) is 0 Å². The molecule has 2 atom stereocenters. The van der Waals surface area contributed by atoms with E-state index in [2.05, 4.69) is 5.10 Å². The fraction of sp³-hybridized carbons (Fsp3) is 0.471. The van der Waals surface area contributed by atoms with E-state index < -0.39 is 21.5 Å². The lowest BCUT2D eigenvalue weighted by atomic mass is 9.91. The Bertz CT molecular complexity index is 916. The molecule has 27 heavy (non-hydrogen) atoms. The Morgan fingerprint density at radius 3 is 2.78 bits per heavy atom. The molecular formula is C17H20F2N2O5S. The van der Waals surface area contributed by atoms with E-state index in [1.807, 2.05) is 0 Å². The standard InChI is InChI=1S/C17H20F2N2O5S/c1-27(23,24)10-11-2-3-25-8-12(11)9-26-17-5-14(18)16(4-15(17)19)21-7-13(22)6-20-21/h4-7,11-12,22H,2-3,8-10H2,1H3/t11?,12-/m1/s1. The third-order valence-electron chi connectivity index (χ3n) is 4.42. The zero-order valence-corrected chi connectivity index (χ0v) is 15.5. The van der Waals surface area contributed by atoms with Crippen molar-refractivity contribution in [3.8, 4) is 17.2 Å². The minimum absolute atomic E-state index is 0.00294. The van der Waals surface area contributed by atoms with Gasteiger partial charge < -0.3 is 14.6 Å². The monoisotopic (exact) mass is 402 g/mol. The highest BCUT2D eigenvalue weighted by Gasteiger charge is 2.29. The molecule has 1 saturated heterocycles. The number of halogens is 2. The van der Waals surface area contributed by atoms with Gasteiger partial charge in [0, 0.05) is 30.9 Å². The van der Waals surface area contributed by atoms with E-state index in [0.29, 0.717) is 19.6 Å². The van der Waals surface area contributed by atoms with Crippen LogP contribution in [0.3, 0.4) is 0 Å². The molecule has 1 unspecified atom stereocenters. The van der Waals surface area contributed by atoms with E-state index >= 15 is 0 Å². The average Bonchev–Trinajstić information content (AvgIpc) is 3.01. The Labute approximate surface area is 155 Å². The Morgan fingerprint density at radius 1 is 1.33 bits per heavy atom. The molecule has 1 aromatic carbocycles. The molecule has 0 amide bonds. The second kappa shape index (κ2) is 7.81. The number of aromatic hydroxyl groups is 1. The minimum atomic E-state index is -3.16. The molecule has 0 radical (unpaired) electrons. The van der Waals surface area contributed by atoms with E-state index in [4.69, 9.17) is 9.47 Å². The van der Waals surface area contributed by atoms with Crippen molar-refractivity contribution in [3.63, 3.8) is 0 Å². The maximum absolute atomic E-state index is 14.3. The molecule has 1 fully saturated rings. The number of aromatic nitrogens is 2. The predicted molar refractivity (Wildman–Crippen MR) is 92.8 cm³/mol. The molecule has 0 saturated carbocycles. The Balaban J connectivity index is 1.72. The quantitative estimate of drug-likeness (QED) is 0.794. The van der Waals surface area contributed by atoms with Gasteiger partial charge in [0.25, 0.3) is 0 Å². The number of rotatable bonds is 6. The van der Waals surface area contributed by atoms with Gasteiger partial charge in [-0.05, 0) is 12.3 Å². The highest BCUT2D eigenvalue weighted by Crippen LogP contribution is 2.28. The molecule has 1 aliphatic rings. The van der Waals surface area contributed by atoms with Crippen molar-refractivity contribution in [2.75, 3.05) is 31.8 Å². The number of ether oxygens (including phenoxy) is 2. The highest BCUT2D eigenvalue weighted by atomic mass is 32.2. The van der Waals surface area contributed by atoms with Crippen LogP contribution >= 0.6 is 0 Å². The predicted octanol–water partition coefficient (Wildman–Crippen LogP) is 1.93. The van der Waals surface area contributed by atoms with Crippen molar-refractivity contribution < 1.29 is 31.8 Å². The first-order valence-electron chi connectivity index (χ1n) is 8.34. The Kier molecular flexibility index (Phi) is 5.66. The van der Waals surface area contributed by atoms with Crippen LogP contribution in [0.1, 0.15) is 6.42 Å². The summed E-state index contributed by atoms with van der Waals surface area (Å²) in [6, 6.07) is 1.82. The molecule has 1 aromatic heterocycles. The smallest absolute Gasteiger partial charge is 0.167 e. The lowest BCUT2D eigenvalue weighted by Crippen LogP contribution is -2.36. The van der Waals surface area contributed by atoms with Crippen molar-refractivity contribution in [3.05, 3.63) is 36.2 Å². The first-order chi connectivity index (χ1) is 12.7. The summed E-state index contributed by atoms with van der Waals surface area (Å²) in [5, 5.41) is 13.0. The van der Waals surface area contributed by atoms with Gasteiger partial charge in [0.1, 0.15) is 15.5 Å². The second-order valence-electron chi connectivity index (χ2n) is 6.66. The number of sulfone groups is 1. The van der Waals surface area contributed by atoms with E-state index in [9.17, 15) is 22.3 Å². The topological polar surface area (TPSA) is 90.7 Å². The van der Waals surface area contributed by atoms with Crippen LogP contribution in [-0.2, 0) is 14.6 Å². The van der Waals surface area contributed by atoms with Gasteiger partial charge in [0.05, 0.1) is 31.4 Å². The molecule has 0 aliphatic carbocycles. The summed E-state index contributed by atoms with van der Waals surface area (Å²) in [6.07, 6.45) is 3.99. The van der Waals surface area contributed by atoms with Crippen LogP contribution in [0.15, 0.2) is 24.5 Å². The van der Waals surface area contributed by atoms with Gasteiger partial charge in [-0.1, -0.05) is 0 Å². The van der Waals surface area contributed by atoms with Gasteiger partial charge in [-0.2, -0.15) is 5.10 Å². The largest absolute Gasteiger partial charge is 0.505 e. The second-order valence-corrected chi connectivity index (χ2v) is 8.85. The van der Waals surface area contributed by atoms with Gasteiger partial charge in [0.15, 0.2) is 23.1 Å². The van der Waals surface area contributed by atoms with Crippen molar-refractivity contribution >= 4 is 9.84 Å². The lowest BCUT2D eigenvalue weighted by molar-refractivity contribution is 0.00390. The van der Waals surface area contributed by atoms with Gasteiger partial charge in [-0.3, -0.25) is 0 Å². The van der Waals surface area contributed by atoms with Crippen LogP contribution < -0.4 is 4.74 Å². The molecule has 7 nitrogen and oxygen atoms in total. The molecule has 3 rings (SSSR count). The summed E-state index contributed by atoms with van der Waals surface area (Å²) in [6.45, 7) is 0.776. The molecular weight excluding hydrogens is 382 g/mol. The number of benzene rings is 1. The Morgan fingerprint density at radius 2 is 2.11 bits per heavy atom. The average molecular weight is 402 g/mol. The zero-order valence-electron chi connectivity index (χ0n) is 14.6. The minimum Gasteiger partial charge on any atom is -0.505 e. The fourth-order valence-corrected chi connectivity index (χ4v) is 4.30. The molecule has 1 aliphatic heterocycles. The summed E-state index contributed by atoms with van der Waals surface area (Å²) in [5.41, 5.74) is -0.170. The van der Waals surface area contributed by atoms with E-state index in [1.165, 1.54) is 6.26 Å². The molecule has 10 heteroatoms. The van der Waals surface area contributed by atoms with Gasteiger partial charge in [-0.15, -0.1) is 0 Å². The zero-order chi connectivity index (χ0) is 19.6. The number of nitrogens with zero attached hydrogens (tertiary/aromatic N) is 2. The summed E-state index contributed by atoms with van der Waals surface area (Å²) < 4.78 is 63.6. The van der Waals surface area contributed by atoms with Crippen LogP contribution in [0.5, 0.6) is 11.5 Å². The number of hydrogen-bond acceptors (Lipinski definition) is 6. The molecule has 0 bridgehead atoms. The maximum atomic E-state index is 14.3. The molecule has 2 aromatic rings. The van der Waals surface area contributed by atoms with Crippen molar-refractivity contribution in [2.45, 2.75) is 6.42 Å². The third-order valence-corrected chi connectivity index (χ3v) is 5.45. The van der Waals surface area contributed by atoms with Crippen LogP contribution in [0.4, 0.5) is 8.78 Å². The third kappa shape index (κ3) is 4.95. The molecule has 2 heterocycles. The first-order valence-corrected chi connectivity index (χ1v) is 10.4. The first kappa shape index (κ1) is 19.6. The Hall–Kier alpha value is -2.20. The SMILES string of the molecule is CS(=O)(=O)CC1CCOC[C@@H]1COc1cc(F)c(-n2cc(O)cn2)cc1F. The van der Waals surface area contributed by atoms with Gasteiger partial charge in [0.2, 0.25) is 0 Å². The van der Waals surface area contributed by atoms with Crippen LogP contribution in [0.25, 0.3) is 5.69 Å². The summed E-state index contributed by atoms with van der Waals surface area (Å²) in [7, 11) is -3.16. The van der Waals surface area contributed by atoms with Crippen LogP contribution in [-0.4, -0.2) is 55.1 Å². The van der Waals surface area contributed by atoms with E-state index in [0.717, 1.165) is 29.2 Å². The summed E-state index contributed by atoms with van der Waals surface area (Å²) in [4.78, 5) is 0. The van der Waals surface area contributed by atoms with Crippen molar-refractivity contribution in [1.82, 2.24) is 9.78 Å².